The quantitative estimate of drug-likeness (QED) is 0.870. The van der Waals surface area contributed by atoms with Gasteiger partial charge in [0.2, 0.25) is 0 Å². The van der Waals surface area contributed by atoms with E-state index in [1.165, 1.54) is 29.4 Å². The van der Waals surface area contributed by atoms with E-state index in [9.17, 15) is 0 Å². The number of furan rings is 1. The summed E-state index contributed by atoms with van der Waals surface area (Å²) in [4.78, 5) is 0. The molecule has 1 aromatic heterocycles. The van der Waals surface area contributed by atoms with Gasteiger partial charge in [0.1, 0.15) is 11.3 Å². The van der Waals surface area contributed by atoms with Gasteiger partial charge >= 0.3 is 0 Å². The van der Waals surface area contributed by atoms with E-state index in [-0.39, 0.29) is 0 Å². The van der Waals surface area contributed by atoms with Gasteiger partial charge < -0.3 is 9.73 Å². The van der Waals surface area contributed by atoms with E-state index >= 15 is 0 Å². The summed E-state index contributed by atoms with van der Waals surface area (Å²) in [7, 11) is 2.03. The van der Waals surface area contributed by atoms with Crippen molar-refractivity contribution in [1.29, 1.82) is 0 Å². The SMILES string of the molecule is CNC(c1cc2c(C(C)C)ccc(C)c2o1)C1CC1. The van der Waals surface area contributed by atoms with Crippen LogP contribution in [0.3, 0.4) is 0 Å². The van der Waals surface area contributed by atoms with Crippen molar-refractivity contribution in [2.45, 2.75) is 45.6 Å². The van der Waals surface area contributed by atoms with Crippen LogP contribution >= 0.6 is 0 Å². The van der Waals surface area contributed by atoms with Crippen molar-refractivity contribution in [2.75, 3.05) is 7.05 Å². The number of benzene rings is 1. The molecular weight excluding hydrogens is 234 g/mol. The van der Waals surface area contributed by atoms with E-state index < -0.39 is 0 Å². The summed E-state index contributed by atoms with van der Waals surface area (Å²) in [5.74, 6) is 2.40. The minimum Gasteiger partial charge on any atom is -0.459 e. The van der Waals surface area contributed by atoms with Crippen molar-refractivity contribution in [3.05, 3.63) is 35.1 Å². The van der Waals surface area contributed by atoms with Crippen molar-refractivity contribution < 1.29 is 4.42 Å². The Morgan fingerprint density at radius 3 is 2.58 bits per heavy atom. The zero-order chi connectivity index (χ0) is 13.6. The Balaban J connectivity index is 2.13. The fraction of sp³-hybridized carbons (Fsp3) is 0.529. The second-order valence-corrected chi connectivity index (χ2v) is 6.12. The van der Waals surface area contributed by atoms with Crippen LogP contribution in [0, 0.1) is 12.8 Å². The van der Waals surface area contributed by atoms with Crippen molar-refractivity contribution in [3.63, 3.8) is 0 Å². The summed E-state index contributed by atoms with van der Waals surface area (Å²) < 4.78 is 6.18. The minimum absolute atomic E-state index is 0.381. The van der Waals surface area contributed by atoms with Gasteiger partial charge in [-0.25, -0.2) is 0 Å². The first-order valence-corrected chi connectivity index (χ1v) is 7.32. The summed E-state index contributed by atoms with van der Waals surface area (Å²) in [6.07, 6.45) is 2.64. The Hall–Kier alpha value is -1.28. The van der Waals surface area contributed by atoms with Gasteiger partial charge in [-0.2, -0.15) is 0 Å². The fourth-order valence-corrected chi connectivity index (χ4v) is 2.99. The molecule has 2 heteroatoms. The second kappa shape index (κ2) is 4.68. The molecule has 0 radical (unpaired) electrons. The molecule has 1 aliphatic rings. The zero-order valence-corrected chi connectivity index (χ0v) is 12.3. The van der Waals surface area contributed by atoms with Crippen LogP contribution in [0.25, 0.3) is 11.0 Å². The molecule has 2 nitrogen and oxygen atoms in total. The number of hydrogen-bond acceptors (Lipinski definition) is 2. The predicted octanol–water partition coefficient (Wildman–Crippen LogP) is 4.54. The van der Waals surface area contributed by atoms with Crippen molar-refractivity contribution >= 4 is 11.0 Å². The predicted molar refractivity (Wildman–Crippen MR) is 79.6 cm³/mol. The van der Waals surface area contributed by atoms with Crippen LogP contribution in [0.4, 0.5) is 0 Å². The molecule has 1 aromatic carbocycles. The summed E-state index contributed by atoms with van der Waals surface area (Å²) in [5, 5.41) is 4.71. The maximum absolute atomic E-state index is 6.18. The summed E-state index contributed by atoms with van der Waals surface area (Å²) in [5.41, 5.74) is 3.69. The number of hydrogen-bond donors (Lipinski definition) is 1. The van der Waals surface area contributed by atoms with Crippen LogP contribution < -0.4 is 5.32 Å². The normalized spacial score (nSPS) is 17.3. The zero-order valence-electron chi connectivity index (χ0n) is 12.3. The lowest BCUT2D eigenvalue weighted by atomic mass is 9.97. The molecule has 102 valence electrons. The number of fused-ring (bicyclic) bond motifs is 1. The molecule has 1 aliphatic carbocycles. The molecule has 0 spiro atoms. The van der Waals surface area contributed by atoms with Gasteiger partial charge in [-0.1, -0.05) is 26.0 Å². The summed E-state index contributed by atoms with van der Waals surface area (Å²) >= 11 is 0. The van der Waals surface area contributed by atoms with E-state index in [1.807, 2.05) is 7.05 Å². The maximum Gasteiger partial charge on any atom is 0.137 e. The van der Waals surface area contributed by atoms with Gasteiger partial charge in [0, 0.05) is 5.39 Å². The minimum atomic E-state index is 0.381. The van der Waals surface area contributed by atoms with E-state index in [1.54, 1.807) is 0 Å². The van der Waals surface area contributed by atoms with Gasteiger partial charge in [-0.3, -0.25) is 0 Å². The largest absolute Gasteiger partial charge is 0.459 e. The summed E-state index contributed by atoms with van der Waals surface area (Å²) in [6.45, 7) is 6.62. The third-order valence-corrected chi connectivity index (χ3v) is 4.27. The fourth-order valence-electron chi connectivity index (χ4n) is 2.99. The molecule has 1 atom stereocenters. The molecule has 1 heterocycles. The molecular formula is C17H23NO. The van der Waals surface area contributed by atoms with Gasteiger partial charge in [0.15, 0.2) is 0 Å². The summed E-state index contributed by atoms with van der Waals surface area (Å²) in [6, 6.07) is 7.06. The van der Waals surface area contributed by atoms with Crippen LogP contribution in [0.2, 0.25) is 0 Å². The Labute approximate surface area is 115 Å². The van der Waals surface area contributed by atoms with Crippen LogP contribution in [-0.4, -0.2) is 7.05 Å². The van der Waals surface area contributed by atoms with E-state index in [2.05, 4.69) is 44.3 Å². The standard InChI is InChI=1S/C17H23NO/c1-10(2)13-8-5-11(3)17-14(13)9-15(19-17)16(18-4)12-6-7-12/h5,8-10,12,16,18H,6-7H2,1-4H3. The molecule has 3 rings (SSSR count). The monoisotopic (exact) mass is 257 g/mol. The van der Waals surface area contributed by atoms with Crippen LogP contribution in [-0.2, 0) is 0 Å². The average Bonchev–Trinajstić information content (AvgIpc) is 3.09. The smallest absolute Gasteiger partial charge is 0.137 e. The highest BCUT2D eigenvalue weighted by Gasteiger charge is 2.33. The molecule has 0 amide bonds. The van der Waals surface area contributed by atoms with Crippen LogP contribution in [0.15, 0.2) is 22.6 Å². The average molecular weight is 257 g/mol. The molecule has 0 saturated heterocycles. The first kappa shape index (κ1) is 12.7. The molecule has 0 bridgehead atoms. The van der Waals surface area contributed by atoms with Crippen molar-refractivity contribution in [1.82, 2.24) is 5.32 Å². The third kappa shape index (κ3) is 2.18. The molecule has 1 unspecified atom stereocenters. The van der Waals surface area contributed by atoms with Crippen LogP contribution in [0.1, 0.15) is 55.5 Å². The lowest BCUT2D eigenvalue weighted by molar-refractivity contribution is 0.419. The topological polar surface area (TPSA) is 25.2 Å². The highest BCUT2D eigenvalue weighted by Crippen LogP contribution is 2.43. The van der Waals surface area contributed by atoms with Gasteiger partial charge in [0.05, 0.1) is 6.04 Å². The molecule has 2 aromatic rings. The second-order valence-electron chi connectivity index (χ2n) is 6.12. The van der Waals surface area contributed by atoms with Crippen molar-refractivity contribution in [3.8, 4) is 0 Å². The number of nitrogens with one attached hydrogen (secondary N) is 1. The molecule has 19 heavy (non-hydrogen) atoms. The Morgan fingerprint density at radius 2 is 2.00 bits per heavy atom. The van der Waals surface area contributed by atoms with E-state index in [0.717, 1.165) is 17.3 Å². The lowest BCUT2D eigenvalue weighted by Gasteiger charge is -2.11. The molecule has 1 saturated carbocycles. The van der Waals surface area contributed by atoms with E-state index in [4.69, 9.17) is 4.42 Å². The van der Waals surface area contributed by atoms with E-state index in [0.29, 0.717) is 12.0 Å². The highest BCUT2D eigenvalue weighted by molar-refractivity contribution is 5.85. The first-order chi connectivity index (χ1) is 9.11. The number of aryl methyl sites for hydroxylation is 1. The Kier molecular flexibility index (Phi) is 3.14. The van der Waals surface area contributed by atoms with Crippen LogP contribution in [0.5, 0.6) is 0 Å². The van der Waals surface area contributed by atoms with Gasteiger partial charge in [-0.05, 0) is 55.8 Å². The molecule has 1 fully saturated rings. The van der Waals surface area contributed by atoms with Gasteiger partial charge in [-0.15, -0.1) is 0 Å². The molecule has 0 aliphatic heterocycles. The molecule has 1 N–H and O–H groups in total. The van der Waals surface area contributed by atoms with Gasteiger partial charge in [0.25, 0.3) is 0 Å². The van der Waals surface area contributed by atoms with Crippen molar-refractivity contribution in [2.24, 2.45) is 5.92 Å². The Morgan fingerprint density at radius 1 is 1.26 bits per heavy atom. The highest BCUT2D eigenvalue weighted by atomic mass is 16.3. The third-order valence-electron chi connectivity index (χ3n) is 4.27. The lowest BCUT2D eigenvalue weighted by Crippen LogP contribution is -2.17. The first-order valence-electron chi connectivity index (χ1n) is 7.32. The maximum atomic E-state index is 6.18. The Bertz CT molecular complexity index is 593. The number of rotatable bonds is 4.